The summed E-state index contributed by atoms with van der Waals surface area (Å²) < 4.78 is 7.33. The van der Waals surface area contributed by atoms with E-state index in [4.69, 9.17) is 26.3 Å². The van der Waals surface area contributed by atoms with Crippen molar-refractivity contribution in [3.05, 3.63) is 60.8 Å². The second-order valence-corrected chi connectivity index (χ2v) is 7.35. The molecule has 4 N–H and O–H groups in total. The number of nitrogens with two attached hydrogens (primary N) is 2. The molecule has 0 radical (unpaired) electrons. The predicted molar refractivity (Wildman–Crippen MR) is 121 cm³/mol. The Hall–Kier alpha value is -4.02. The maximum atomic E-state index is 11.3. The van der Waals surface area contributed by atoms with Gasteiger partial charge in [0.15, 0.2) is 11.5 Å². The van der Waals surface area contributed by atoms with E-state index in [1.807, 2.05) is 47.1 Å². The molecule has 0 aliphatic carbocycles. The normalized spacial score (nSPS) is 14.0. The molecule has 0 bridgehead atoms. The Kier molecular flexibility index (Phi) is 5.13. The van der Waals surface area contributed by atoms with Gasteiger partial charge in [-0.3, -0.25) is 0 Å². The number of nitrogens with zero attached hydrogens (tertiary/aromatic N) is 6. The summed E-state index contributed by atoms with van der Waals surface area (Å²) >= 11 is 0. The molecule has 0 spiro atoms. The van der Waals surface area contributed by atoms with Crippen LogP contribution in [0.15, 0.2) is 60.8 Å². The molecule has 10 heteroatoms. The molecule has 4 aromatic rings. The number of morpholine rings is 1. The third-order valence-corrected chi connectivity index (χ3v) is 5.36. The Morgan fingerprint density at radius 2 is 1.72 bits per heavy atom. The van der Waals surface area contributed by atoms with E-state index in [0.717, 1.165) is 40.6 Å². The fraction of sp³-hybridized carbons (Fsp3) is 0.182. The summed E-state index contributed by atoms with van der Waals surface area (Å²) in [6.07, 6.45) is 1.80. The van der Waals surface area contributed by atoms with E-state index in [0.29, 0.717) is 30.4 Å². The number of para-hydroxylation sites is 1. The number of urea groups is 1. The molecule has 0 unspecified atom stereocenters. The van der Waals surface area contributed by atoms with E-state index < -0.39 is 6.03 Å². The van der Waals surface area contributed by atoms with Gasteiger partial charge in [-0.1, -0.05) is 18.2 Å². The third kappa shape index (κ3) is 3.61. The number of fused-ring (bicyclic) bond motifs is 1. The van der Waals surface area contributed by atoms with Crippen LogP contribution < -0.4 is 21.5 Å². The average molecular weight is 430 g/mol. The van der Waals surface area contributed by atoms with Crippen molar-refractivity contribution in [3.63, 3.8) is 0 Å². The molecule has 1 aliphatic rings. The summed E-state index contributed by atoms with van der Waals surface area (Å²) in [6, 6.07) is 16.1. The minimum Gasteiger partial charge on any atom is -0.378 e. The van der Waals surface area contributed by atoms with Crippen LogP contribution >= 0.6 is 0 Å². The lowest BCUT2D eigenvalue weighted by atomic mass is 10.2. The Labute approximate surface area is 184 Å². The van der Waals surface area contributed by atoms with Crippen LogP contribution in [0.3, 0.4) is 0 Å². The van der Waals surface area contributed by atoms with Gasteiger partial charge in [0, 0.05) is 18.7 Å². The van der Waals surface area contributed by atoms with E-state index in [-0.39, 0.29) is 0 Å². The second kappa shape index (κ2) is 8.25. The van der Waals surface area contributed by atoms with Gasteiger partial charge < -0.3 is 15.4 Å². The molecular weight excluding hydrogens is 408 g/mol. The molecule has 5 rings (SSSR count). The minimum absolute atomic E-state index is 0.477. The topological polar surface area (TPSA) is 128 Å². The highest BCUT2D eigenvalue weighted by Crippen LogP contribution is 2.30. The molecule has 2 aromatic heterocycles. The molecule has 3 heterocycles. The van der Waals surface area contributed by atoms with Gasteiger partial charge in [0.2, 0.25) is 0 Å². The van der Waals surface area contributed by atoms with Gasteiger partial charge >= 0.3 is 6.03 Å². The summed E-state index contributed by atoms with van der Waals surface area (Å²) in [4.78, 5) is 23.3. The number of carbonyl (C=O) groups is 1. The van der Waals surface area contributed by atoms with Crippen LogP contribution in [0, 0.1) is 0 Å². The minimum atomic E-state index is -0.739. The predicted octanol–water partition coefficient (Wildman–Crippen LogP) is 2.08. The number of anilines is 2. The highest BCUT2D eigenvalue weighted by atomic mass is 16.5. The molecule has 1 fully saturated rings. The van der Waals surface area contributed by atoms with Crippen molar-refractivity contribution in [2.75, 3.05) is 36.2 Å². The Morgan fingerprint density at radius 1 is 1.00 bits per heavy atom. The van der Waals surface area contributed by atoms with Gasteiger partial charge in [0.1, 0.15) is 5.82 Å². The molecule has 10 nitrogen and oxygen atoms in total. The fourth-order valence-corrected chi connectivity index (χ4v) is 3.69. The molecule has 0 saturated carbocycles. The van der Waals surface area contributed by atoms with Gasteiger partial charge in [-0.15, -0.1) is 0 Å². The van der Waals surface area contributed by atoms with Crippen LogP contribution in [-0.2, 0) is 4.74 Å². The number of hydrazine groups is 1. The number of rotatable bonds is 4. The number of primary amides is 1. The quantitative estimate of drug-likeness (QED) is 0.288. The molecule has 1 saturated heterocycles. The zero-order valence-corrected chi connectivity index (χ0v) is 17.3. The lowest BCUT2D eigenvalue weighted by molar-refractivity contribution is 0.122. The van der Waals surface area contributed by atoms with Crippen LogP contribution in [0.4, 0.5) is 16.3 Å². The fourth-order valence-electron chi connectivity index (χ4n) is 3.69. The molecular formula is C22H22N8O2. The summed E-state index contributed by atoms with van der Waals surface area (Å²) in [7, 11) is 0. The summed E-state index contributed by atoms with van der Waals surface area (Å²) in [5.41, 5.74) is 8.14. The van der Waals surface area contributed by atoms with Crippen molar-refractivity contribution in [3.8, 4) is 17.1 Å². The van der Waals surface area contributed by atoms with E-state index >= 15 is 0 Å². The monoisotopic (exact) mass is 430 g/mol. The van der Waals surface area contributed by atoms with E-state index in [9.17, 15) is 4.79 Å². The number of ether oxygens (including phenoxy) is 1. The number of carbonyl (C=O) groups excluding carboxylic acids is 1. The van der Waals surface area contributed by atoms with Crippen molar-refractivity contribution in [2.45, 2.75) is 0 Å². The Morgan fingerprint density at radius 3 is 2.41 bits per heavy atom. The smallest absolute Gasteiger partial charge is 0.333 e. The summed E-state index contributed by atoms with van der Waals surface area (Å²) in [6.45, 7) is 2.76. The molecule has 32 heavy (non-hydrogen) atoms. The Balaban J connectivity index is 1.64. The number of benzene rings is 2. The van der Waals surface area contributed by atoms with Gasteiger partial charge in [-0.2, -0.15) is 5.10 Å². The first-order valence-corrected chi connectivity index (χ1v) is 10.2. The van der Waals surface area contributed by atoms with Crippen molar-refractivity contribution < 1.29 is 9.53 Å². The van der Waals surface area contributed by atoms with Crippen LogP contribution in [0.25, 0.3) is 28.1 Å². The summed E-state index contributed by atoms with van der Waals surface area (Å²) in [5.74, 6) is 7.05. The highest BCUT2D eigenvalue weighted by Gasteiger charge is 2.21. The van der Waals surface area contributed by atoms with E-state index in [2.05, 4.69) is 10.00 Å². The van der Waals surface area contributed by atoms with Crippen LogP contribution in [-0.4, -0.2) is 52.1 Å². The third-order valence-electron chi connectivity index (χ3n) is 5.36. The van der Waals surface area contributed by atoms with Crippen molar-refractivity contribution >= 4 is 28.6 Å². The highest BCUT2D eigenvalue weighted by molar-refractivity contribution is 5.91. The molecule has 0 atom stereocenters. The van der Waals surface area contributed by atoms with Gasteiger partial charge in [0.25, 0.3) is 0 Å². The van der Waals surface area contributed by atoms with E-state index in [1.165, 1.54) is 0 Å². The maximum Gasteiger partial charge on any atom is 0.333 e. The summed E-state index contributed by atoms with van der Waals surface area (Å²) in [5, 5.41) is 6.35. The van der Waals surface area contributed by atoms with Crippen molar-refractivity contribution in [2.24, 2.45) is 11.6 Å². The van der Waals surface area contributed by atoms with Crippen molar-refractivity contribution in [1.29, 1.82) is 0 Å². The first kappa shape index (κ1) is 19.9. The number of aromatic nitrogens is 4. The van der Waals surface area contributed by atoms with Crippen LogP contribution in [0.1, 0.15) is 0 Å². The standard InChI is InChI=1S/C22H22N8O2/c23-22(31)29(24)16-8-6-15(7-9-16)19-26-20(28-10-12-32-13-11-28)18-14-25-30(21(18)27-19)17-4-2-1-3-5-17/h1-9,14H,10-13,24H2,(H2,23,31). The van der Waals surface area contributed by atoms with Crippen LogP contribution in [0.2, 0.25) is 0 Å². The largest absolute Gasteiger partial charge is 0.378 e. The average Bonchev–Trinajstić information content (AvgIpc) is 3.28. The molecule has 2 amide bonds. The van der Waals surface area contributed by atoms with Gasteiger partial charge in [-0.05, 0) is 36.4 Å². The lowest BCUT2D eigenvalue weighted by Crippen LogP contribution is -2.41. The number of amides is 2. The first-order chi connectivity index (χ1) is 15.6. The van der Waals surface area contributed by atoms with Gasteiger partial charge in [-0.25, -0.2) is 30.3 Å². The zero-order chi connectivity index (χ0) is 22.1. The van der Waals surface area contributed by atoms with Crippen molar-refractivity contribution in [1.82, 2.24) is 19.7 Å². The molecule has 1 aliphatic heterocycles. The maximum absolute atomic E-state index is 11.3. The van der Waals surface area contributed by atoms with Gasteiger partial charge in [0.05, 0.1) is 36.2 Å². The van der Waals surface area contributed by atoms with Crippen LogP contribution in [0.5, 0.6) is 0 Å². The first-order valence-electron chi connectivity index (χ1n) is 10.2. The molecule has 2 aromatic carbocycles. The lowest BCUT2D eigenvalue weighted by Gasteiger charge is -2.28. The molecule has 162 valence electrons. The number of hydrogen-bond donors (Lipinski definition) is 2. The Bertz CT molecular complexity index is 1250. The van der Waals surface area contributed by atoms with E-state index in [1.54, 1.807) is 18.3 Å². The number of hydrogen-bond acceptors (Lipinski definition) is 7. The SMILES string of the molecule is NC(=O)N(N)c1ccc(-c2nc(N3CCOCC3)c3cnn(-c4ccccc4)c3n2)cc1. The second-order valence-electron chi connectivity index (χ2n) is 7.35. The zero-order valence-electron chi connectivity index (χ0n) is 17.3.